The fraction of sp³-hybridized carbons (Fsp3) is 0.200. The standard InChI is InChI=1S/C10H10N2OS/c1-7-10(3-9(6-13)14-7)8-4-11-12(2)5-8/h3-6H,1-2H3. The lowest BCUT2D eigenvalue weighted by atomic mass is 10.1. The van der Waals surface area contributed by atoms with Gasteiger partial charge in [-0.15, -0.1) is 11.3 Å². The first-order chi connectivity index (χ1) is 6.70. The van der Waals surface area contributed by atoms with E-state index in [0.717, 1.165) is 27.2 Å². The zero-order valence-electron chi connectivity index (χ0n) is 8.02. The van der Waals surface area contributed by atoms with E-state index < -0.39 is 0 Å². The third kappa shape index (κ3) is 1.48. The van der Waals surface area contributed by atoms with Crippen molar-refractivity contribution in [2.24, 2.45) is 7.05 Å². The Bertz CT molecular complexity index is 470. The van der Waals surface area contributed by atoms with Gasteiger partial charge in [0.15, 0.2) is 6.29 Å². The van der Waals surface area contributed by atoms with Gasteiger partial charge in [0.25, 0.3) is 0 Å². The molecule has 0 aromatic carbocycles. The molecular weight excluding hydrogens is 196 g/mol. The van der Waals surface area contributed by atoms with Crippen molar-refractivity contribution in [3.05, 3.63) is 28.2 Å². The highest BCUT2D eigenvalue weighted by atomic mass is 32.1. The molecule has 0 saturated carbocycles. The molecule has 0 bridgehead atoms. The predicted molar refractivity (Wildman–Crippen MR) is 56.6 cm³/mol. The summed E-state index contributed by atoms with van der Waals surface area (Å²) in [6, 6.07) is 1.91. The number of carbonyl (C=O) groups is 1. The van der Waals surface area contributed by atoms with Crippen molar-refractivity contribution in [1.29, 1.82) is 0 Å². The van der Waals surface area contributed by atoms with Crippen molar-refractivity contribution < 1.29 is 4.79 Å². The summed E-state index contributed by atoms with van der Waals surface area (Å²) in [7, 11) is 1.88. The van der Waals surface area contributed by atoms with Crippen LogP contribution in [0.25, 0.3) is 11.1 Å². The maximum Gasteiger partial charge on any atom is 0.160 e. The normalized spacial score (nSPS) is 10.4. The van der Waals surface area contributed by atoms with Gasteiger partial charge in [0, 0.05) is 23.7 Å². The van der Waals surface area contributed by atoms with E-state index in [1.807, 2.05) is 32.4 Å². The SMILES string of the molecule is Cc1sc(C=O)cc1-c1cnn(C)c1. The minimum absolute atomic E-state index is 0.765. The highest BCUT2D eigenvalue weighted by molar-refractivity contribution is 7.14. The number of thiophene rings is 1. The molecule has 14 heavy (non-hydrogen) atoms. The first kappa shape index (κ1) is 9.15. The van der Waals surface area contributed by atoms with E-state index in [1.54, 1.807) is 4.68 Å². The van der Waals surface area contributed by atoms with E-state index in [-0.39, 0.29) is 0 Å². The molecule has 3 nitrogen and oxygen atoms in total. The Kier molecular flexibility index (Phi) is 2.21. The van der Waals surface area contributed by atoms with Crippen LogP contribution in [0.5, 0.6) is 0 Å². The summed E-state index contributed by atoms with van der Waals surface area (Å²) in [6.07, 6.45) is 4.64. The van der Waals surface area contributed by atoms with E-state index >= 15 is 0 Å². The number of aryl methyl sites for hydroxylation is 2. The van der Waals surface area contributed by atoms with E-state index in [0.29, 0.717) is 0 Å². The molecule has 0 aliphatic carbocycles. The van der Waals surface area contributed by atoms with Crippen molar-refractivity contribution in [1.82, 2.24) is 9.78 Å². The number of carbonyl (C=O) groups excluding carboxylic acids is 1. The molecule has 0 amide bonds. The maximum atomic E-state index is 10.6. The van der Waals surface area contributed by atoms with E-state index in [4.69, 9.17) is 0 Å². The minimum Gasteiger partial charge on any atom is -0.297 e. The van der Waals surface area contributed by atoms with Gasteiger partial charge in [-0.2, -0.15) is 5.10 Å². The lowest BCUT2D eigenvalue weighted by molar-refractivity contribution is 0.112. The summed E-state index contributed by atoms with van der Waals surface area (Å²) in [5, 5.41) is 4.10. The van der Waals surface area contributed by atoms with Crippen LogP contribution in [-0.2, 0) is 7.05 Å². The van der Waals surface area contributed by atoms with Gasteiger partial charge in [0.1, 0.15) is 0 Å². The number of aldehydes is 1. The van der Waals surface area contributed by atoms with Gasteiger partial charge in [0.05, 0.1) is 11.1 Å². The van der Waals surface area contributed by atoms with Crippen molar-refractivity contribution in [3.63, 3.8) is 0 Å². The van der Waals surface area contributed by atoms with Gasteiger partial charge in [-0.1, -0.05) is 0 Å². The summed E-state index contributed by atoms with van der Waals surface area (Å²) in [5.41, 5.74) is 2.17. The largest absolute Gasteiger partial charge is 0.297 e. The molecule has 0 saturated heterocycles. The van der Waals surface area contributed by atoms with Crippen molar-refractivity contribution in [3.8, 4) is 11.1 Å². The predicted octanol–water partition coefficient (Wildman–Crippen LogP) is 2.27. The Labute approximate surface area is 86.0 Å². The van der Waals surface area contributed by atoms with Crippen LogP contribution in [0.4, 0.5) is 0 Å². The Morgan fingerprint density at radius 1 is 1.57 bits per heavy atom. The Morgan fingerprint density at radius 3 is 2.86 bits per heavy atom. The Balaban J connectivity index is 2.50. The summed E-state index contributed by atoms with van der Waals surface area (Å²) in [4.78, 5) is 12.5. The van der Waals surface area contributed by atoms with Crippen LogP contribution in [-0.4, -0.2) is 16.1 Å². The molecule has 0 aliphatic heterocycles. The van der Waals surface area contributed by atoms with Crippen LogP contribution >= 0.6 is 11.3 Å². The molecule has 0 fully saturated rings. The fourth-order valence-electron chi connectivity index (χ4n) is 1.41. The number of nitrogens with zero attached hydrogens (tertiary/aromatic N) is 2. The quantitative estimate of drug-likeness (QED) is 0.706. The smallest absolute Gasteiger partial charge is 0.160 e. The first-order valence-electron chi connectivity index (χ1n) is 4.25. The highest BCUT2D eigenvalue weighted by Gasteiger charge is 2.08. The molecule has 2 aromatic heterocycles. The van der Waals surface area contributed by atoms with Crippen molar-refractivity contribution >= 4 is 17.6 Å². The van der Waals surface area contributed by atoms with Crippen LogP contribution in [0.1, 0.15) is 14.5 Å². The van der Waals surface area contributed by atoms with E-state index in [1.165, 1.54) is 11.3 Å². The molecule has 72 valence electrons. The van der Waals surface area contributed by atoms with Gasteiger partial charge in [-0.05, 0) is 18.6 Å². The van der Waals surface area contributed by atoms with Gasteiger partial charge in [-0.3, -0.25) is 9.48 Å². The molecule has 4 heteroatoms. The van der Waals surface area contributed by atoms with Gasteiger partial charge in [-0.25, -0.2) is 0 Å². The molecule has 0 atom stereocenters. The zero-order chi connectivity index (χ0) is 10.1. The number of hydrogen-bond acceptors (Lipinski definition) is 3. The molecule has 0 aliphatic rings. The third-order valence-electron chi connectivity index (χ3n) is 2.07. The number of hydrogen-bond donors (Lipinski definition) is 0. The topological polar surface area (TPSA) is 34.9 Å². The minimum atomic E-state index is 0.765. The molecule has 0 N–H and O–H groups in total. The van der Waals surface area contributed by atoms with Crippen LogP contribution in [0.15, 0.2) is 18.5 Å². The number of aromatic nitrogens is 2. The number of rotatable bonds is 2. The van der Waals surface area contributed by atoms with Gasteiger partial charge < -0.3 is 0 Å². The molecule has 0 radical (unpaired) electrons. The average molecular weight is 206 g/mol. The van der Waals surface area contributed by atoms with Crippen LogP contribution in [0, 0.1) is 6.92 Å². The third-order valence-corrected chi connectivity index (χ3v) is 3.04. The Morgan fingerprint density at radius 2 is 2.36 bits per heavy atom. The van der Waals surface area contributed by atoms with Crippen molar-refractivity contribution in [2.75, 3.05) is 0 Å². The fourth-order valence-corrected chi connectivity index (χ4v) is 2.28. The lowest BCUT2D eigenvalue weighted by Gasteiger charge is -1.91. The van der Waals surface area contributed by atoms with Crippen molar-refractivity contribution in [2.45, 2.75) is 6.92 Å². The second-order valence-corrected chi connectivity index (χ2v) is 4.43. The maximum absolute atomic E-state index is 10.6. The molecule has 2 aromatic rings. The van der Waals surface area contributed by atoms with Gasteiger partial charge in [0.2, 0.25) is 0 Å². The van der Waals surface area contributed by atoms with E-state index in [2.05, 4.69) is 5.10 Å². The Hall–Kier alpha value is -1.42. The second-order valence-electron chi connectivity index (χ2n) is 3.14. The molecule has 0 unspecified atom stereocenters. The molecule has 2 rings (SSSR count). The molecular formula is C10H10N2OS. The lowest BCUT2D eigenvalue weighted by Crippen LogP contribution is -1.84. The molecule has 2 heterocycles. The first-order valence-corrected chi connectivity index (χ1v) is 5.07. The summed E-state index contributed by atoms with van der Waals surface area (Å²) < 4.78 is 1.76. The summed E-state index contributed by atoms with van der Waals surface area (Å²) >= 11 is 1.51. The van der Waals surface area contributed by atoms with Gasteiger partial charge >= 0.3 is 0 Å². The summed E-state index contributed by atoms with van der Waals surface area (Å²) in [5.74, 6) is 0. The monoisotopic (exact) mass is 206 g/mol. The zero-order valence-corrected chi connectivity index (χ0v) is 8.84. The summed E-state index contributed by atoms with van der Waals surface area (Å²) in [6.45, 7) is 2.01. The van der Waals surface area contributed by atoms with Crippen LogP contribution < -0.4 is 0 Å². The average Bonchev–Trinajstić information content (AvgIpc) is 2.71. The highest BCUT2D eigenvalue weighted by Crippen LogP contribution is 2.29. The van der Waals surface area contributed by atoms with Crippen LogP contribution in [0.3, 0.4) is 0 Å². The molecule has 0 spiro atoms. The van der Waals surface area contributed by atoms with Crippen LogP contribution in [0.2, 0.25) is 0 Å². The van der Waals surface area contributed by atoms with E-state index in [9.17, 15) is 4.79 Å². The second kappa shape index (κ2) is 3.38.